The number of anilines is 1. The van der Waals surface area contributed by atoms with E-state index in [1.54, 1.807) is 32.4 Å². The van der Waals surface area contributed by atoms with Crippen LogP contribution in [-0.2, 0) is 7.05 Å². The fourth-order valence-corrected chi connectivity index (χ4v) is 2.75. The van der Waals surface area contributed by atoms with E-state index in [0.29, 0.717) is 17.2 Å². The van der Waals surface area contributed by atoms with Crippen LogP contribution < -0.4 is 20.1 Å². The number of carbonyl (C=O) groups excluding carboxylic acids is 1. The second kappa shape index (κ2) is 7.25. The number of urea groups is 1. The van der Waals surface area contributed by atoms with Crippen molar-refractivity contribution in [2.75, 3.05) is 19.5 Å². The quantitative estimate of drug-likeness (QED) is 0.882. The van der Waals surface area contributed by atoms with Crippen molar-refractivity contribution in [1.29, 1.82) is 0 Å². The number of benzene rings is 1. The van der Waals surface area contributed by atoms with Gasteiger partial charge in [-0.2, -0.15) is 5.10 Å². The zero-order chi connectivity index (χ0) is 17.9. The number of methoxy groups -OCH3 is 2. The molecule has 2 N–H and O–H groups in total. The fourth-order valence-electron chi connectivity index (χ4n) is 2.75. The second-order valence-corrected chi connectivity index (χ2v) is 5.59. The minimum Gasteiger partial charge on any atom is -0.497 e. The van der Waals surface area contributed by atoms with Crippen LogP contribution in [-0.4, -0.2) is 30.0 Å². The highest BCUT2D eigenvalue weighted by Crippen LogP contribution is 2.29. The Bertz CT molecular complexity index is 740. The van der Waals surface area contributed by atoms with Crippen molar-refractivity contribution in [2.45, 2.75) is 26.8 Å². The van der Waals surface area contributed by atoms with Crippen molar-refractivity contribution in [3.8, 4) is 11.5 Å². The second-order valence-electron chi connectivity index (χ2n) is 5.59. The Morgan fingerprint density at radius 3 is 2.50 bits per heavy atom. The van der Waals surface area contributed by atoms with Crippen molar-refractivity contribution in [3.63, 3.8) is 0 Å². The summed E-state index contributed by atoms with van der Waals surface area (Å²) in [6, 6.07) is 4.74. The maximum absolute atomic E-state index is 12.3. The maximum Gasteiger partial charge on any atom is 0.319 e. The number of aryl methyl sites for hydroxylation is 2. The average Bonchev–Trinajstić information content (AvgIpc) is 2.80. The lowest BCUT2D eigenvalue weighted by Gasteiger charge is -2.17. The Morgan fingerprint density at radius 2 is 1.96 bits per heavy atom. The van der Waals surface area contributed by atoms with Crippen LogP contribution in [0.25, 0.3) is 0 Å². The highest BCUT2D eigenvalue weighted by atomic mass is 16.5. The van der Waals surface area contributed by atoms with E-state index in [1.165, 1.54) is 0 Å². The highest BCUT2D eigenvalue weighted by Gasteiger charge is 2.18. The number of nitrogens with zero attached hydrogens (tertiary/aromatic N) is 2. The first-order valence-electron chi connectivity index (χ1n) is 7.67. The third-order valence-electron chi connectivity index (χ3n) is 4.00. The SMILES string of the molecule is COc1ccc(NC(=O)NC(C)c2c(C)nn(C)c2C)c(OC)c1. The first-order valence-corrected chi connectivity index (χ1v) is 7.67. The zero-order valence-corrected chi connectivity index (χ0v) is 14.9. The molecule has 0 radical (unpaired) electrons. The number of hydrogen-bond donors (Lipinski definition) is 2. The molecule has 0 aliphatic heterocycles. The van der Waals surface area contributed by atoms with Gasteiger partial charge in [0.2, 0.25) is 0 Å². The van der Waals surface area contributed by atoms with Crippen LogP contribution >= 0.6 is 0 Å². The Hall–Kier alpha value is -2.70. The molecule has 0 fully saturated rings. The first kappa shape index (κ1) is 17.7. The molecule has 7 nitrogen and oxygen atoms in total. The van der Waals surface area contributed by atoms with E-state index in [2.05, 4.69) is 15.7 Å². The molecule has 0 spiro atoms. The minimum absolute atomic E-state index is 0.164. The van der Waals surface area contributed by atoms with Gasteiger partial charge in [0.1, 0.15) is 11.5 Å². The van der Waals surface area contributed by atoms with E-state index in [4.69, 9.17) is 9.47 Å². The van der Waals surface area contributed by atoms with Gasteiger partial charge in [-0.3, -0.25) is 4.68 Å². The van der Waals surface area contributed by atoms with Crippen molar-refractivity contribution in [2.24, 2.45) is 7.05 Å². The summed E-state index contributed by atoms with van der Waals surface area (Å²) in [7, 11) is 5.01. The van der Waals surface area contributed by atoms with Gasteiger partial charge < -0.3 is 20.1 Å². The smallest absolute Gasteiger partial charge is 0.319 e. The van der Waals surface area contributed by atoms with E-state index >= 15 is 0 Å². The van der Waals surface area contributed by atoms with Crippen LogP contribution in [0.2, 0.25) is 0 Å². The molecule has 2 amide bonds. The molecule has 1 atom stereocenters. The van der Waals surface area contributed by atoms with Gasteiger partial charge in [-0.05, 0) is 32.9 Å². The molecule has 0 bridgehead atoms. The predicted molar refractivity (Wildman–Crippen MR) is 92.8 cm³/mol. The lowest BCUT2D eigenvalue weighted by molar-refractivity contribution is 0.249. The molecule has 130 valence electrons. The summed E-state index contributed by atoms with van der Waals surface area (Å²) in [5.74, 6) is 1.19. The van der Waals surface area contributed by atoms with Gasteiger partial charge in [-0.15, -0.1) is 0 Å². The summed E-state index contributed by atoms with van der Waals surface area (Å²) in [5.41, 5.74) is 3.53. The van der Waals surface area contributed by atoms with Crippen LogP contribution in [0.5, 0.6) is 11.5 Å². The Kier molecular flexibility index (Phi) is 5.33. The summed E-state index contributed by atoms with van der Waals surface area (Å²) in [5, 5.41) is 10.1. The Morgan fingerprint density at radius 1 is 1.25 bits per heavy atom. The molecule has 2 rings (SSSR count). The van der Waals surface area contributed by atoms with Gasteiger partial charge in [-0.25, -0.2) is 4.79 Å². The fraction of sp³-hybridized carbons (Fsp3) is 0.412. The number of nitrogens with one attached hydrogen (secondary N) is 2. The van der Waals surface area contributed by atoms with Crippen molar-refractivity contribution in [3.05, 3.63) is 35.2 Å². The predicted octanol–water partition coefficient (Wildman–Crippen LogP) is 2.94. The molecule has 0 saturated heterocycles. The molecular weight excluding hydrogens is 308 g/mol. The average molecular weight is 332 g/mol. The lowest BCUT2D eigenvalue weighted by Crippen LogP contribution is -2.31. The number of hydrogen-bond acceptors (Lipinski definition) is 4. The standard InChI is InChI=1S/C17H24N4O3/c1-10(16-11(2)20-21(4)12(16)3)18-17(22)19-14-8-7-13(23-5)9-15(14)24-6/h7-10H,1-6H3,(H2,18,19,22). The maximum atomic E-state index is 12.3. The van der Waals surface area contributed by atoms with Crippen LogP contribution in [0.3, 0.4) is 0 Å². The third-order valence-corrected chi connectivity index (χ3v) is 4.00. The zero-order valence-electron chi connectivity index (χ0n) is 14.9. The van der Waals surface area contributed by atoms with Crippen molar-refractivity contribution >= 4 is 11.7 Å². The van der Waals surface area contributed by atoms with E-state index < -0.39 is 0 Å². The summed E-state index contributed by atoms with van der Waals surface area (Å²) in [6.07, 6.45) is 0. The Balaban J connectivity index is 2.10. The topological polar surface area (TPSA) is 77.4 Å². The monoisotopic (exact) mass is 332 g/mol. The van der Waals surface area contributed by atoms with Crippen LogP contribution in [0.4, 0.5) is 10.5 Å². The number of carbonyl (C=O) groups is 1. The van der Waals surface area contributed by atoms with Crippen LogP contribution in [0, 0.1) is 13.8 Å². The minimum atomic E-state index is -0.311. The van der Waals surface area contributed by atoms with Gasteiger partial charge in [0.25, 0.3) is 0 Å². The van der Waals surface area contributed by atoms with E-state index in [0.717, 1.165) is 17.0 Å². The van der Waals surface area contributed by atoms with Crippen molar-refractivity contribution < 1.29 is 14.3 Å². The highest BCUT2D eigenvalue weighted by molar-refractivity contribution is 5.91. The molecule has 7 heteroatoms. The molecule has 0 aliphatic rings. The molecule has 0 aliphatic carbocycles. The number of amides is 2. The molecule has 1 aromatic carbocycles. The molecule has 1 unspecified atom stereocenters. The van der Waals surface area contributed by atoms with Gasteiger partial charge in [0.05, 0.1) is 31.6 Å². The van der Waals surface area contributed by atoms with Gasteiger partial charge in [0, 0.05) is 24.4 Å². The van der Waals surface area contributed by atoms with Gasteiger partial charge in [-0.1, -0.05) is 0 Å². The summed E-state index contributed by atoms with van der Waals surface area (Å²) >= 11 is 0. The molecular formula is C17H24N4O3. The van der Waals surface area contributed by atoms with E-state index in [-0.39, 0.29) is 12.1 Å². The number of rotatable bonds is 5. The summed E-state index contributed by atoms with van der Waals surface area (Å²) < 4.78 is 12.2. The number of ether oxygens (including phenoxy) is 2. The van der Waals surface area contributed by atoms with Gasteiger partial charge in [0.15, 0.2) is 0 Å². The molecule has 24 heavy (non-hydrogen) atoms. The first-order chi connectivity index (χ1) is 11.4. The molecule has 1 aromatic heterocycles. The lowest BCUT2D eigenvalue weighted by atomic mass is 10.1. The van der Waals surface area contributed by atoms with Crippen LogP contribution in [0.1, 0.15) is 29.9 Å². The van der Waals surface area contributed by atoms with E-state index in [1.807, 2.05) is 32.5 Å². The summed E-state index contributed by atoms with van der Waals surface area (Å²) in [4.78, 5) is 12.3. The Labute approximate surface area is 142 Å². The normalized spacial score (nSPS) is 11.8. The third kappa shape index (κ3) is 3.61. The van der Waals surface area contributed by atoms with Gasteiger partial charge >= 0.3 is 6.03 Å². The molecule has 1 heterocycles. The summed E-state index contributed by atoms with van der Waals surface area (Å²) in [6.45, 7) is 5.85. The van der Waals surface area contributed by atoms with Crippen LogP contribution in [0.15, 0.2) is 18.2 Å². The van der Waals surface area contributed by atoms with E-state index in [9.17, 15) is 4.79 Å². The number of aromatic nitrogens is 2. The molecule has 2 aromatic rings. The van der Waals surface area contributed by atoms with Crippen molar-refractivity contribution in [1.82, 2.24) is 15.1 Å². The largest absolute Gasteiger partial charge is 0.497 e. The molecule has 0 saturated carbocycles.